The second kappa shape index (κ2) is 8.95. The van der Waals surface area contributed by atoms with Gasteiger partial charge >= 0.3 is 0 Å². The molecule has 4 heteroatoms. The van der Waals surface area contributed by atoms with Crippen molar-refractivity contribution in [1.29, 1.82) is 0 Å². The van der Waals surface area contributed by atoms with E-state index in [1.807, 2.05) is 91.9 Å². The third-order valence-corrected chi connectivity index (χ3v) is 5.51. The van der Waals surface area contributed by atoms with E-state index in [4.69, 9.17) is 0 Å². The molecule has 0 aliphatic heterocycles. The third-order valence-electron chi connectivity index (χ3n) is 5.51. The number of anilines is 1. The summed E-state index contributed by atoms with van der Waals surface area (Å²) in [5.74, 6) is -0.133. The molecule has 1 saturated carbocycles. The van der Waals surface area contributed by atoms with Crippen LogP contribution in [0.4, 0.5) is 5.69 Å². The van der Waals surface area contributed by atoms with Crippen LogP contribution < -0.4 is 10.6 Å². The largest absolute Gasteiger partial charge is 0.349 e. The van der Waals surface area contributed by atoms with Crippen molar-refractivity contribution in [3.63, 3.8) is 0 Å². The van der Waals surface area contributed by atoms with Crippen molar-refractivity contribution >= 4 is 17.5 Å². The van der Waals surface area contributed by atoms with Crippen LogP contribution in [0.5, 0.6) is 0 Å². The zero-order valence-electron chi connectivity index (χ0n) is 17.0. The van der Waals surface area contributed by atoms with E-state index in [-0.39, 0.29) is 29.7 Å². The average Bonchev–Trinajstić information content (AvgIpc) is 3.61. The predicted octanol–water partition coefficient (Wildman–Crippen LogP) is 5.04. The molecule has 1 aliphatic carbocycles. The van der Waals surface area contributed by atoms with Crippen LogP contribution in [0.2, 0.25) is 0 Å². The molecule has 1 atom stereocenters. The molecular weight excluding hydrogens is 372 g/mol. The van der Waals surface area contributed by atoms with Crippen molar-refractivity contribution in [3.8, 4) is 0 Å². The number of nitrogens with one attached hydrogen (secondary N) is 2. The summed E-state index contributed by atoms with van der Waals surface area (Å²) < 4.78 is 0. The fourth-order valence-corrected chi connectivity index (χ4v) is 3.61. The predicted molar refractivity (Wildman–Crippen MR) is 119 cm³/mol. The van der Waals surface area contributed by atoms with Gasteiger partial charge in [-0.3, -0.25) is 9.59 Å². The van der Waals surface area contributed by atoms with Gasteiger partial charge in [-0.1, -0.05) is 72.8 Å². The molecule has 1 fully saturated rings. The van der Waals surface area contributed by atoms with Crippen LogP contribution in [0.3, 0.4) is 0 Å². The number of benzene rings is 3. The molecular formula is C26H26N2O2. The minimum Gasteiger partial charge on any atom is -0.349 e. The molecule has 30 heavy (non-hydrogen) atoms. The lowest BCUT2D eigenvalue weighted by atomic mass is 9.90. The second-order valence-electron chi connectivity index (χ2n) is 7.87. The van der Waals surface area contributed by atoms with Crippen molar-refractivity contribution in [2.45, 2.75) is 31.7 Å². The highest BCUT2D eigenvalue weighted by atomic mass is 16.2. The number of amides is 2. The maximum absolute atomic E-state index is 13.3. The number of rotatable bonds is 7. The Morgan fingerprint density at radius 2 is 1.30 bits per heavy atom. The molecule has 0 bridgehead atoms. The third kappa shape index (κ3) is 4.77. The zero-order valence-corrected chi connectivity index (χ0v) is 17.0. The molecule has 2 amide bonds. The Morgan fingerprint density at radius 3 is 1.80 bits per heavy atom. The minimum absolute atomic E-state index is 0.0361. The molecule has 3 aromatic rings. The summed E-state index contributed by atoms with van der Waals surface area (Å²) in [5.41, 5.74) is 3.71. The van der Waals surface area contributed by atoms with Gasteiger partial charge in [0.1, 0.15) is 0 Å². The van der Waals surface area contributed by atoms with Crippen molar-refractivity contribution < 1.29 is 9.59 Å². The van der Waals surface area contributed by atoms with E-state index in [0.29, 0.717) is 0 Å². The first-order valence-corrected chi connectivity index (χ1v) is 10.4. The Balaban J connectivity index is 1.47. The lowest BCUT2D eigenvalue weighted by Gasteiger charge is -2.21. The lowest BCUT2D eigenvalue weighted by Crippen LogP contribution is -2.32. The Labute approximate surface area is 177 Å². The maximum Gasteiger partial charge on any atom is 0.232 e. The first kappa shape index (κ1) is 19.9. The Bertz CT molecular complexity index is 957. The molecule has 4 nitrogen and oxygen atoms in total. The van der Waals surface area contributed by atoms with Gasteiger partial charge in [0.05, 0.1) is 12.0 Å². The molecule has 0 aromatic heterocycles. The summed E-state index contributed by atoms with van der Waals surface area (Å²) in [6.07, 6.45) is 1.97. The molecule has 0 saturated heterocycles. The quantitative estimate of drug-likeness (QED) is 0.585. The molecule has 1 aliphatic rings. The highest BCUT2D eigenvalue weighted by molar-refractivity contribution is 5.94. The fraction of sp³-hybridized carbons (Fsp3) is 0.231. The van der Waals surface area contributed by atoms with E-state index < -0.39 is 0 Å². The van der Waals surface area contributed by atoms with Crippen LogP contribution in [0, 0.1) is 5.92 Å². The number of hydrogen-bond acceptors (Lipinski definition) is 2. The molecule has 2 N–H and O–H groups in total. The SMILES string of the molecule is CC(NC(=O)C(c1ccccc1)c1ccccc1)c1ccc(NC(=O)C2CC2)cc1. The van der Waals surface area contributed by atoms with Gasteiger partial charge in [-0.15, -0.1) is 0 Å². The summed E-state index contributed by atoms with van der Waals surface area (Å²) >= 11 is 0. The van der Waals surface area contributed by atoms with Gasteiger partial charge in [-0.25, -0.2) is 0 Å². The molecule has 4 rings (SSSR count). The molecule has 0 heterocycles. The highest BCUT2D eigenvalue weighted by Gasteiger charge is 2.29. The van der Waals surface area contributed by atoms with Gasteiger partial charge in [0.25, 0.3) is 0 Å². The monoisotopic (exact) mass is 398 g/mol. The fourth-order valence-electron chi connectivity index (χ4n) is 3.61. The van der Waals surface area contributed by atoms with Crippen molar-refractivity contribution in [1.82, 2.24) is 5.32 Å². The van der Waals surface area contributed by atoms with E-state index in [0.717, 1.165) is 35.2 Å². The van der Waals surface area contributed by atoms with Crippen LogP contribution in [0.1, 0.15) is 48.4 Å². The van der Waals surface area contributed by atoms with E-state index in [1.165, 1.54) is 0 Å². The molecule has 0 radical (unpaired) electrons. The van der Waals surface area contributed by atoms with Crippen LogP contribution in [-0.2, 0) is 9.59 Å². The maximum atomic E-state index is 13.3. The van der Waals surface area contributed by atoms with E-state index >= 15 is 0 Å². The average molecular weight is 399 g/mol. The Kier molecular flexibility index (Phi) is 5.94. The van der Waals surface area contributed by atoms with Crippen LogP contribution in [0.25, 0.3) is 0 Å². The van der Waals surface area contributed by atoms with Gasteiger partial charge in [0.2, 0.25) is 11.8 Å². The van der Waals surface area contributed by atoms with Crippen molar-refractivity contribution in [2.75, 3.05) is 5.32 Å². The number of carbonyl (C=O) groups excluding carboxylic acids is 2. The highest BCUT2D eigenvalue weighted by Crippen LogP contribution is 2.30. The Morgan fingerprint density at radius 1 is 0.767 bits per heavy atom. The molecule has 1 unspecified atom stereocenters. The Hall–Kier alpha value is -3.40. The van der Waals surface area contributed by atoms with Crippen LogP contribution >= 0.6 is 0 Å². The summed E-state index contributed by atoms with van der Waals surface area (Å²) in [5, 5.41) is 6.10. The second-order valence-corrected chi connectivity index (χ2v) is 7.87. The normalized spacial score (nSPS) is 14.2. The van der Waals surface area contributed by atoms with E-state index in [1.54, 1.807) is 0 Å². The van der Waals surface area contributed by atoms with E-state index in [2.05, 4.69) is 10.6 Å². The first-order chi connectivity index (χ1) is 14.6. The number of carbonyl (C=O) groups is 2. The summed E-state index contributed by atoms with van der Waals surface area (Å²) in [6, 6.07) is 27.2. The summed E-state index contributed by atoms with van der Waals surface area (Å²) in [7, 11) is 0. The van der Waals surface area contributed by atoms with Crippen LogP contribution in [-0.4, -0.2) is 11.8 Å². The van der Waals surface area contributed by atoms with Gasteiger partial charge < -0.3 is 10.6 Å². The first-order valence-electron chi connectivity index (χ1n) is 10.4. The van der Waals surface area contributed by atoms with Gasteiger partial charge in [-0.2, -0.15) is 0 Å². The van der Waals surface area contributed by atoms with Crippen molar-refractivity contribution in [2.24, 2.45) is 5.92 Å². The summed E-state index contributed by atoms with van der Waals surface area (Å²) in [4.78, 5) is 25.2. The van der Waals surface area contributed by atoms with Crippen LogP contribution in [0.15, 0.2) is 84.9 Å². The van der Waals surface area contributed by atoms with Gasteiger partial charge in [0, 0.05) is 11.6 Å². The van der Waals surface area contributed by atoms with Gasteiger partial charge in [-0.05, 0) is 48.6 Å². The summed E-state index contributed by atoms with van der Waals surface area (Å²) in [6.45, 7) is 1.97. The van der Waals surface area contributed by atoms with Gasteiger partial charge in [0.15, 0.2) is 0 Å². The number of hydrogen-bond donors (Lipinski definition) is 2. The molecule has 3 aromatic carbocycles. The smallest absolute Gasteiger partial charge is 0.232 e. The standard InChI is InChI=1S/C26H26N2O2/c1-18(19-14-16-23(17-15-19)28-25(29)22-12-13-22)27-26(30)24(20-8-4-2-5-9-20)21-10-6-3-7-11-21/h2-11,14-18,22,24H,12-13H2,1H3,(H,27,30)(H,28,29). The minimum atomic E-state index is -0.369. The van der Waals surface area contributed by atoms with Crippen molar-refractivity contribution in [3.05, 3.63) is 102 Å². The topological polar surface area (TPSA) is 58.2 Å². The van der Waals surface area contributed by atoms with E-state index in [9.17, 15) is 9.59 Å². The molecule has 0 spiro atoms. The zero-order chi connectivity index (χ0) is 20.9. The molecule has 152 valence electrons. The lowest BCUT2D eigenvalue weighted by molar-refractivity contribution is -0.122.